The molecule has 1 atom stereocenters. The Labute approximate surface area is 186 Å². The molecular weight excluding hydrogens is 382 g/mol. The van der Waals surface area contributed by atoms with E-state index >= 15 is 0 Å². The molecule has 4 heteroatoms. The number of para-hydroxylation sites is 1. The Morgan fingerprint density at radius 2 is 1.68 bits per heavy atom. The summed E-state index contributed by atoms with van der Waals surface area (Å²) in [5.74, 6) is 0.839. The minimum atomic E-state index is 0.204. The van der Waals surface area contributed by atoms with Gasteiger partial charge in [-0.3, -0.25) is 4.79 Å². The Kier molecular flexibility index (Phi) is 6.77. The average Bonchev–Trinajstić information content (AvgIpc) is 3.18. The van der Waals surface area contributed by atoms with E-state index in [1.165, 1.54) is 34.9 Å². The van der Waals surface area contributed by atoms with Gasteiger partial charge in [-0.2, -0.15) is 0 Å². The fraction of sp³-hybridized carbons (Fsp3) is 0.444. The quantitative estimate of drug-likeness (QED) is 0.557. The number of nitrogens with zero attached hydrogens (tertiary/aromatic N) is 2. The Bertz CT molecular complexity index is 986. The number of hydrogen-bond acceptors (Lipinski definition) is 2. The van der Waals surface area contributed by atoms with Crippen molar-refractivity contribution in [3.63, 3.8) is 0 Å². The van der Waals surface area contributed by atoms with Gasteiger partial charge in [0.1, 0.15) is 0 Å². The molecule has 0 bridgehead atoms. The highest BCUT2D eigenvalue weighted by Crippen LogP contribution is 2.38. The van der Waals surface area contributed by atoms with Crippen LogP contribution in [0.25, 0.3) is 10.9 Å². The maximum atomic E-state index is 12.5. The SMILES string of the molecule is CC(=O)N(CCc1c[nH]c2ccccc12)C1CCC(C(c2ccccc2)N(C)C)CC1. The molecule has 0 radical (unpaired) electrons. The van der Waals surface area contributed by atoms with Crippen molar-refractivity contribution in [3.8, 4) is 0 Å². The standard InChI is InChI=1S/C27H35N3O/c1-20(31)30(18-17-23-19-28-26-12-8-7-11-25(23)26)24-15-13-22(14-16-24)27(29(2)3)21-9-5-4-6-10-21/h4-12,19,22,24,27-28H,13-18H2,1-3H3. The molecule has 1 heterocycles. The molecule has 2 aromatic carbocycles. The van der Waals surface area contributed by atoms with Gasteiger partial charge in [0.05, 0.1) is 0 Å². The van der Waals surface area contributed by atoms with E-state index in [0.717, 1.165) is 25.8 Å². The van der Waals surface area contributed by atoms with E-state index in [9.17, 15) is 4.79 Å². The number of fused-ring (bicyclic) bond motifs is 1. The van der Waals surface area contributed by atoms with Gasteiger partial charge in [0, 0.05) is 42.7 Å². The number of rotatable bonds is 7. The molecule has 31 heavy (non-hydrogen) atoms. The van der Waals surface area contributed by atoms with Gasteiger partial charge in [-0.05, 0) is 69.3 Å². The van der Waals surface area contributed by atoms with E-state index < -0.39 is 0 Å². The van der Waals surface area contributed by atoms with E-state index in [1.807, 2.05) is 0 Å². The van der Waals surface area contributed by atoms with Crippen LogP contribution >= 0.6 is 0 Å². The molecule has 4 rings (SSSR count). The lowest BCUT2D eigenvalue weighted by Crippen LogP contribution is -2.43. The molecule has 1 aliphatic carbocycles. The lowest BCUT2D eigenvalue weighted by atomic mass is 9.78. The third kappa shape index (κ3) is 4.85. The van der Waals surface area contributed by atoms with Crippen LogP contribution in [-0.4, -0.2) is 47.4 Å². The van der Waals surface area contributed by atoms with Gasteiger partial charge < -0.3 is 14.8 Å². The number of aromatic nitrogens is 1. The van der Waals surface area contributed by atoms with E-state index in [1.54, 1.807) is 6.92 Å². The summed E-state index contributed by atoms with van der Waals surface area (Å²) in [6.07, 6.45) is 7.51. The van der Waals surface area contributed by atoms with Crippen molar-refractivity contribution in [2.45, 2.75) is 51.1 Å². The van der Waals surface area contributed by atoms with Crippen molar-refractivity contribution in [3.05, 3.63) is 71.9 Å². The van der Waals surface area contributed by atoms with E-state index in [-0.39, 0.29) is 5.91 Å². The van der Waals surface area contributed by atoms with Gasteiger partial charge in [-0.15, -0.1) is 0 Å². The van der Waals surface area contributed by atoms with Crippen LogP contribution in [0.5, 0.6) is 0 Å². The van der Waals surface area contributed by atoms with Crippen LogP contribution in [0.3, 0.4) is 0 Å². The molecule has 1 amide bonds. The first kappa shape index (κ1) is 21.6. The van der Waals surface area contributed by atoms with Crippen LogP contribution < -0.4 is 0 Å². The molecule has 0 saturated heterocycles. The van der Waals surface area contributed by atoms with Crippen LogP contribution in [0.1, 0.15) is 49.8 Å². The summed E-state index contributed by atoms with van der Waals surface area (Å²) in [6, 6.07) is 20.1. The van der Waals surface area contributed by atoms with Gasteiger partial charge >= 0.3 is 0 Å². The first-order valence-corrected chi connectivity index (χ1v) is 11.6. The smallest absolute Gasteiger partial charge is 0.219 e. The molecule has 1 unspecified atom stereocenters. The lowest BCUT2D eigenvalue weighted by Gasteiger charge is -2.41. The minimum absolute atomic E-state index is 0.204. The number of benzene rings is 2. The summed E-state index contributed by atoms with van der Waals surface area (Å²) >= 11 is 0. The highest BCUT2D eigenvalue weighted by molar-refractivity contribution is 5.83. The summed E-state index contributed by atoms with van der Waals surface area (Å²) in [5, 5.41) is 1.27. The molecule has 0 aliphatic heterocycles. The summed E-state index contributed by atoms with van der Waals surface area (Å²) in [7, 11) is 4.37. The highest BCUT2D eigenvalue weighted by atomic mass is 16.2. The Morgan fingerprint density at radius 1 is 1.00 bits per heavy atom. The second-order valence-corrected chi connectivity index (χ2v) is 9.21. The van der Waals surface area contributed by atoms with Crippen molar-refractivity contribution < 1.29 is 4.79 Å². The van der Waals surface area contributed by atoms with Crippen LogP contribution in [-0.2, 0) is 11.2 Å². The first-order chi connectivity index (χ1) is 15.0. The predicted molar refractivity (Wildman–Crippen MR) is 128 cm³/mol. The fourth-order valence-corrected chi connectivity index (χ4v) is 5.55. The zero-order valence-corrected chi connectivity index (χ0v) is 19.1. The van der Waals surface area contributed by atoms with E-state index in [4.69, 9.17) is 0 Å². The molecule has 0 spiro atoms. The zero-order valence-electron chi connectivity index (χ0n) is 19.1. The number of nitrogens with one attached hydrogen (secondary N) is 1. The van der Waals surface area contributed by atoms with Crippen molar-refractivity contribution in [2.75, 3.05) is 20.6 Å². The van der Waals surface area contributed by atoms with Crippen LogP contribution in [0.2, 0.25) is 0 Å². The number of hydrogen-bond donors (Lipinski definition) is 1. The topological polar surface area (TPSA) is 39.3 Å². The van der Waals surface area contributed by atoms with Gasteiger partial charge in [-0.25, -0.2) is 0 Å². The largest absolute Gasteiger partial charge is 0.361 e. The zero-order chi connectivity index (χ0) is 21.8. The number of carbonyl (C=O) groups excluding carboxylic acids is 1. The average molecular weight is 418 g/mol. The van der Waals surface area contributed by atoms with E-state index in [0.29, 0.717) is 18.0 Å². The van der Waals surface area contributed by atoms with Crippen LogP contribution in [0, 0.1) is 5.92 Å². The maximum Gasteiger partial charge on any atom is 0.219 e. The summed E-state index contributed by atoms with van der Waals surface area (Å²) in [4.78, 5) is 20.4. The summed E-state index contributed by atoms with van der Waals surface area (Å²) in [6.45, 7) is 2.52. The molecule has 1 fully saturated rings. The third-order valence-electron chi connectivity index (χ3n) is 7.03. The van der Waals surface area contributed by atoms with Crippen molar-refractivity contribution in [1.29, 1.82) is 0 Å². The monoisotopic (exact) mass is 417 g/mol. The molecule has 164 valence electrons. The molecule has 1 N–H and O–H groups in total. The highest BCUT2D eigenvalue weighted by Gasteiger charge is 2.32. The molecule has 1 aromatic heterocycles. The molecule has 1 aliphatic rings. The lowest BCUT2D eigenvalue weighted by molar-refractivity contribution is -0.132. The fourth-order valence-electron chi connectivity index (χ4n) is 5.55. The van der Waals surface area contributed by atoms with Crippen molar-refractivity contribution in [1.82, 2.24) is 14.8 Å². The van der Waals surface area contributed by atoms with Gasteiger partial charge in [0.25, 0.3) is 0 Å². The second-order valence-electron chi connectivity index (χ2n) is 9.21. The molecule has 3 aromatic rings. The van der Waals surface area contributed by atoms with Crippen LogP contribution in [0.4, 0.5) is 0 Å². The minimum Gasteiger partial charge on any atom is -0.361 e. The Morgan fingerprint density at radius 3 is 2.35 bits per heavy atom. The number of aromatic amines is 1. The summed E-state index contributed by atoms with van der Waals surface area (Å²) in [5.41, 5.74) is 3.87. The molecule has 4 nitrogen and oxygen atoms in total. The van der Waals surface area contributed by atoms with Gasteiger partial charge in [0.2, 0.25) is 5.91 Å². The molecule has 1 saturated carbocycles. The Hall–Kier alpha value is -2.59. The summed E-state index contributed by atoms with van der Waals surface area (Å²) < 4.78 is 0. The number of carbonyl (C=O) groups is 1. The number of H-pyrrole nitrogens is 1. The third-order valence-corrected chi connectivity index (χ3v) is 7.03. The first-order valence-electron chi connectivity index (χ1n) is 11.6. The Balaban J connectivity index is 1.40. The molecular formula is C27H35N3O. The second kappa shape index (κ2) is 9.69. The van der Waals surface area contributed by atoms with Crippen molar-refractivity contribution in [2.24, 2.45) is 5.92 Å². The van der Waals surface area contributed by atoms with Gasteiger partial charge in [0.15, 0.2) is 0 Å². The maximum absolute atomic E-state index is 12.5. The normalized spacial score (nSPS) is 20.1. The van der Waals surface area contributed by atoms with Crippen molar-refractivity contribution >= 4 is 16.8 Å². The van der Waals surface area contributed by atoms with E-state index in [2.05, 4.69) is 89.7 Å². The van der Waals surface area contributed by atoms with Crippen LogP contribution in [0.15, 0.2) is 60.8 Å². The number of amides is 1. The van der Waals surface area contributed by atoms with Gasteiger partial charge in [-0.1, -0.05) is 48.5 Å². The predicted octanol–water partition coefficient (Wildman–Crippen LogP) is 5.42.